The summed E-state index contributed by atoms with van der Waals surface area (Å²) in [5.41, 5.74) is 4.52. The maximum absolute atomic E-state index is 12.6. The number of ketones is 1. The Kier molecular flexibility index (Phi) is 10.7. The predicted molar refractivity (Wildman–Crippen MR) is 201 cm³/mol. The van der Waals surface area contributed by atoms with E-state index in [2.05, 4.69) is 36.2 Å². The van der Waals surface area contributed by atoms with Gasteiger partial charge in [-0.2, -0.15) is 13.2 Å². The molecule has 0 bridgehead atoms. The molecule has 0 aromatic heterocycles. The van der Waals surface area contributed by atoms with Crippen LogP contribution in [0.15, 0.2) is 95.6 Å². The summed E-state index contributed by atoms with van der Waals surface area (Å²) < 4.78 is 54.8. The maximum atomic E-state index is 12.6. The van der Waals surface area contributed by atoms with Crippen molar-refractivity contribution in [3.63, 3.8) is 0 Å². The molecule has 284 valence electrons. The molecular weight excluding hydrogens is 691 g/mol. The number of aliphatic hydroxyl groups is 1. The molecule has 3 aromatic carbocycles. The summed E-state index contributed by atoms with van der Waals surface area (Å²) in [6.07, 6.45) is 4.17. The maximum Gasteiger partial charge on any atom is 0.416 e. The van der Waals surface area contributed by atoms with Gasteiger partial charge in [-0.1, -0.05) is 54.8 Å². The molecule has 8 rings (SSSR count). The molecule has 2 saturated carbocycles. The van der Waals surface area contributed by atoms with Crippen LogP contribution in [-0.2, 0) is 11.0 Å². The zero-order valence-electron chi connectivity index (χ0n) is 31.1. The normalized spacial score (nSPS) is 27.3. The molecule has 0 radical (unpaired) electrons. The Morgan fingerprint density at radius 3 is 2.48 bits per heavy atom. The van der Waals surface area contributed by atoms with Gasteiger partial charge in [-0.3, -0.25) is 4.79 Å². The van der Waals surface area contributed by atoms with Crippen LogP contribution in [0.4, 0.5) is 13.2 Å². The molecule has 4 aliphatic carbocycles. The Morgan fingerprint density at radius 1 is 1.00 bits per heavy atom. The highest BCUT2D eigenvalue weighted by Crippen LogP contribution is 2.66. The first-order valence-electron chi connectivity index (χ1n) is 19.0. The van der Waals surface area contributed by atoms with Crippen molar-refractivity contribution in [3.05, 3.63) is 112 Å². The predicted octanol–water partition coefficient (Wildman–Crippen LogP) is 9.50. The monoisotopic (exact) mass is 739 g/mol. The van der Waals surface area contributed by atoms with Crippen molar-refractivity contribution >= 4 is 5.78 Å². The number of ether oxygens (including phenoxy) is 3. The number of nitrogens with one attached hydrogen (secondary N) is 1. The lowest BCUT2D eigenvalue weighted by atomic mass is 9.51. The van der Waals surface area contributed by atoms with Gasteiger partial charge < -0.3 is 24.6 Å². The van der Waals surface area contributed by atoms with Gasteiger partial charge >= 0.3 is 6.18 Å². The number of hydrogen-bond donors (Lipinski definition) is 2. The highest BCUT2D eigenvalue weighted by Gasteiger charge is 2.62. The summed E-state index contributed by atoms with van der Waals surface area (Å²) in [7, 11) is 1.85. The van der Waals surface area contributed by atoms with Gasteiger partial charge in [0.05, 0.1) is 5.56 Å². The number of carbonyl (C=O) groups is 1. The van der Waals surface area contributed by atoms with E-state index in [0.29, 0.717) is 24.0 Å². The van der Waals surface area contributed by atoms with Gasteiger partial charge in [-0.25, -0.2) is 0 Å². The summed E-state index contributed by atoms with van der Waals surface area (Å²) in [5.74, 6) is 9.56. The minimum Gasteiger partial charge on any atom is -0.486 e. The molecule has 6 nitrogen and oxygen atoms in total. The minimum absolute atomic E-state index is 0.186. The summed E-state index contributed by atoms with van der Waals surface area (Å²) in [6, 6.07) is 20.7. The zero-order valence-corrected chi connectivity index (χ0v) is 31.1. The third kappa shape index (κ3) is 7.31. The van der Waals surface area contributed by atoms with Crippen LogP contribution in [0.1, 0.15) is 93.9 Å². The van der Waals surface area contributed by atoms with Crippen molar-refractivity contribution in [2.75, 3.05) is 20.4 Å². The lowest BCUT2D eigenvalue weighted by molar-refractivity contribution is -0.137. The zero-order chi connectivity index (χ0) is 38.1. The topological polar surface area (TPSA) is 77.0 Å². The standard InChI is InChI=1S/C28H30O4.C17H18F3NO/c1-3-11-28(30)12-10-23-21-7-4-17-13-19(29)6-8-20(17)26(21)22(15-27(23,28)2)18-5-9-24-25(14-18)32-16-31-24;1-21-12-11-16(13-5-3-2-4-6-13)22-15-9-7-14(8-10-15)17(18,19)20/h5,9,13-14,21-23,30H,4,6-8,10,12,15-16H2,1-2H3;2-10,16,21H,11-12H2,1H3/t21-,22+,23-,27-,28-;/m0./s1. The van der Waals surface area contributed by atoms with E-state index in [-0.39, 0.29) is 30.0 Å². The molecule has 0 spiro atoms. The molecule has 0 saturated heterocycles. The van der Waals surface area contributed by atoms with Gasteiger partial charge in [-0.05, 0) is 136 Å². The molecule has 6 atom stereocenters. The van der Waals surface area contributed by atoms with Gasteiger partial charge in [0.25, 0.3) is 0 Å². The number of benzene rings is 3. The Labute approximate surface area is 315 Å². The van der Waals surface area contributed by atoms with Crippen molar-refractivity contribution < 1.29 is 37.3 Å². The van der Waals surface area contributed by atoms with E-state index < -0.39 is 17.3 Å². The average Bonchev–Trinajstić information content (AvgIpc) is 3.74. The van der Waals surface area contributed by atoms with Crippen LogP contribution < -0.4 is 19.5 Å². The lowest BCUT2D eigenvalue weighted by Gasteiger charge is -2.53. The summed E-state index contributed by atoms with van der Waals surface area (Å²) in [4.78, 5) is 12.2. The third-order valence-electron chi connectivity index (χ3n) is 12.3. The molecule has 54 heavy (non-hydrogen) atoms. The number of halogens is 3. The molecule has 2 fully saturated rings. The lowest BCUT2D eigenvalue weighted by Crippen LogP contribution is -2.51. The molecule has 1 unspecified atom stereocenters. The van der Waals surface area contributed by atoms with Crippen LogP contribution in [-0.4, -0.2) is 36.9 Å². The number of alkyl halides is 3. The third-order valence-corrected chi connectivity index (χ3v) is 12.3. The molecule has 3 aromatic rings. The highest BCUT2D eigenvalue weighted by atomic mass is 19.4. The Morgan fingerprint density at radius 2 is 1.76 bits per heavy atom. The van der Waals surface area contributed by atoms with E-state index >= 15 is 0 Å². The van der Waals surface area contributed by atoms with E-state index in [4.69, 9.17) is 14.2 Å². The fourth-order valence-corrected chi connectivity index (χ4v) is 9.63. The molecule has 1 aliphatic heterocycles. The quantitative estimate of drug-likeness (QED) is 0.235. The van der Waals surface area contributed by atoms with E-state index in [9.17, 15) is 23.1 Å². The first-order chi connectivity index (χ1) is 25.9. The van der Waals surface area contributed by atoms with E-state index in [0.717, 1.165) is 80.7 Å². The largest absolute Gasteiger partial charge is 0.486 e. The molecule has 1 heterocycles. The molecular formula is C45H48F3NO5. The molecule has 0 amide bonds. The van der Waals surface area contributed by atoms with Crippen LogP contribution in [0.25, 0.3) is 0 Å². The minimum atomic E-state index is -4.33. The number of carbonyl (C=O) groups excluding carboxylic acids is 1. The second-order valence-corrected chi connectivity index (χ2v) is 15.3. The Hall–Kier alpha value is -4.52. The van der Waals surface area contributed by atoms with E-state index in [1.54, 1.807) is 0 Å². The van der Waals surface area contributed by atoms with Gasteiger partial charge in [0.15, 0.2) is 17.3 Å². The molecule has 9 heteroatoms. The van der Waals surface area contributed by atoms with Crippen LogP contribution in [0.2, 0.25) is 0 Å². The number of fused-ring (bicyclic) bond motifs is 5. The fourth-order valence-electron chi connectivity index (χ4n) is 9.63. The average molecular weight is 740 g/mol. The number of allylic oxidation sites excluding steroid dienone is 4. The SMILES string of the molecule is CC#C[C@]1(O)CC[C@H]2[C@@H]3CCC4=CC(=O)CCC4=C3[C@@H](c3ccc4c(c3)OCO4)C[C@@]21C.CNCCC(Oc1ccc(C(F)(F)F)cc1)c1ccccc1. The number of rotatable bonds is 7. The molecule has 5 aliphatic rings. The van der Waals surface area contributed by atoms with E-state index in [1.165, 1.54) is 34.4 Å². The highest BCUT2D eigenvalue weighted by molar-refractivity contribution is 5.93. The summed E-state index contributed by atoms with van der Waals surface area (Å²) >= 11 is 0. The summed E-state index contributed by atoms with van der Waals surface area (Å²) in [5, 5.41) is 14.8. The smallest absolute Gasteiger partial charge is 0.416 e. The van der Waals surface area contributed by atoms with Gasteiger partial charge in [0.1, 0.15) is 17.5 Å². The summed E-state index contributed by atoms with van der Waals surface area (Å²) in [6.45, 7) is 5.12. The second-order valence-electron chi connectivity index (χ2n) is 15.3. The van der Waals surface area contributed by atoms with Crippen LogP contribution >= 0.6 is 0 Å². The number of hydrogen-bond acceptors (Lipinski definition) is 6. The van der Waals surface area contributed by atoms with Crippen molar-refractivity contribution in [2.45, 2.75) is 89.0 Å². The van der Waals surface area contributed by atoms with Crippen LogP contribution in [0, 0.1) is 29.1 Å². The second kappa shape index (κ2) is 15.3. The van der Waals surface area contributed by atoms with Crippen molar-refractivity contribution in [1.82, 2.24) is 5.32 Å². The Balaban J connectivity index is 0.000000180. The fraction of sp³-hybridized carbons (Fsp3) is 0.444. The van der Waals surface area contributed by atoms with Crippen LogP contribution in [0.5, 0.6) is 17.2 Å². The molecule has 2 N–H and O–H groups in total. The van der Waals surface area contributed by atoms with Crippen molar-refractivity contribution in [3.8, 4) is 29.1 Å². The van der Waals surface area contributed by atoms with Crippen molar-refractivity contribution in [1.29, 1.82) is 0 Å². The van der Waals surface area contributed by atoms with Crippen molar-refractivity contribution in [2.24, 2.45) is 17.3 Å². The van der Waals surface area contributed by atoms with Gasteiger partial charge in [0, 0.05) is 24.2 Å². The Bertz CT molecular complexity index is 1980. The van der Waals surface area contributed by atoms with Gasteiger partial charge in [-0.15, -0.1) is 5.92 Å². The first kappa shape index (κ1) is 37.8. The van der Waals surface area contributed by atoms with Crippen LogP contribution in [0.3, 0.4) is 0 Å². The first-order valence-corrected chi connectivity index (χ1v) is 19.0. The van der Waals surface area contributed by atoms with E-state index in [1.807, 2.05) is 56.4 Å². The van der Waals surface area contributed by atoms with Gasteiger partial charge in [0.2, 0.25) is 6.79 Å².